The zero-order valence-electron chi connectivity index (χ0n) is 10.3. The molecule has 4 heteroatoms. The Morgan fingerprint density at radius 3 is 2.71 bits per heavy atom. The van der Waals surface area contributed by atoms with E-state index in [4.69, 9.17) is 17.3 Å². The molecule has 0 spiro atoms. The van der Waals surface area contributed by atoms with Gasteiger partial charge in [-0.2, -0.15) is 0 Å². The summed E-state index contributed by atoms with van der Waals surface area (Å²) in [4.78, 5) is 6.52. The second-order valence-electron chi connectivity index (χ2n) is 4.42. The highest BCUT2D eigenvalue weighted by Gasteiger charge is 2.40. The summed E-state index contributed by atoms with van der Waals surface area (Å²) in [5, 5.41) is 0.725. The number of benzene rings is 1. The number of aliphatic imine (C=N–C) groups is 1. The van der Waals surface area contributed by atoms with Gasteiger partial charge in [0.1, 0.15) is 0 Å². The Morgan fingerprint density at radius 2 is 2.12 bits per heavy atom. The highest BCUT2D eigenvalue weighted by molar-refractivity contribution is 6.31. The van der Waals surface area contributed by atoms with Gasteiger partial charge in [0.05, 0.1) is 12.1 Å². The minimum atomic E-state index is 0.00870. The predicted molar refractivity (Wildman–Crippen MR) is 73.7 cm³/mol. The molecule has 1 aliphatic rings. The summed E-state index contributed by atoms with van der Waals surface area (Å²) in [6.45, 7) is 5.11. The number of anilines is 1. The number of guanidine groups is 1. The molecule has 0 aliphatic carbocycles. The van der Waals surface area contributed by atoms with E-state index in [0.29, 0.717) is 5.96 Å². The lowest BCUT2D eigenvalue weighted by Crippen LogP contribution is -2.51. The maximum absolute atomic E-state index is 6.04. The van der Waals surface area contributed by atoms with E-state index in [1.165, 1.54) is 0 Å². The van der Waals surface area contributed by atoms with Crippen LogP contribution in [0.25, 0.3) is 0 Å². The summed E-state index contributed by atoms with van der Waals surface area (Å²) in [7, 11) is 0. The van der Waals surface area contributed by atoms with Crippen LogP contribution in [-0.2, 0) is 0 Å². The Bertz CT molecular complexity index is 438. The fourth-order valence-corrected chi connectivity index (χ4v) is 2.61. The van der Waals surface area contributed by atoms with Crippen LogP contribution in [0.1, 0.15) is 26.7 Å². The van der Waals surface area contributed by atoms with Crippen molar-refractivity contribution in [1.82, 2.24) is 0 Å². The second-order valence-corrected chi connectivity index (χ2v) is 4.86. The molecule has 3 nitrogen and oxygen atoms in total. The molecule has 1 heterocycles. The molecule has 17 heavy (non-hydrogen) atoms. The lowest BCUT2D eigenvalue weighted by atomic mass is 9.91. The Labute approximate surface area is 107 Å². The third-order valence-electron chi connectivity index (χ3n) is 3.62. The zero-order valence-corrected chi connectivity index (χ0v) is 11.0. The summed E-state index contributed by atoms with van der Waals surface area (Å²) in [5.41, 5.74) is 7.06. The lowest BCUT2D eigenvalue weighted by Gasteiger charge is -2.38. The normalized spacial score (nSPS) is 18.3. The summed E-state index contributed by atoms with van der Waals surface area (Å²) in [5.74, 6) is 0.593. The van der Waals surface area contributed by atoms with Crippen LogP contribution < -0.4 is 10.6 Å². The van der Waals surface area contributed by atoms with Gasteiger partial charge >= 0.3 is 0 Å². The molecule has 92 valence electrons. The van der Waals surface area contributed by atoms with Crippen LogP contribution in [0.5, 0.6) is 0 Å². The molecule has 0 saturated heterocycles. The Morgan fingerprint density at radius 1 is 1.41 bits per heavy atom. The van der Waals surface area contributed by atoms with Gasteiger partial charge in [0, 0.05) is 10.7 Å². The Balaban J connectivity index is 2.43. The molecule has 0 radical (unpaired) electrons. The van der Waals surface area contributed by atoms with E-state index in [9.17, 15) is 0 Å². The van der Waals surface area contributed by atoms with Crippen molar-refractivity contribution < 1.29 is 0 Å². The topological polar surface area (TPSA) is 41.6 Å². The number of nitrogens with two attached hydrogens (primary N) is 1. The van der Waals surface area contributed by atoms with Crippen molar-refractivity contribution in [2.75, 3.05) is 11.4 Å². The summed E-state index contributed by atoms with van der Waals surface area (Å²) in [6, 6.07) is 7.78. The van der Waals surface area contributed by atoms with Gasteiger partial charge in [0.2, 0.25) is 0 Å². The summed E-state index contributed by atoms with van der Waals surface area (Å²) >= 11 is 6.04. The molecule has 1 aromatic carbocycles. The standard InChI is InChI=1S/C13H18ClN3/c1-3-13(4-2)9-16-12(15)17(13)11-7-5-6-10(14)8-11/h5-8H,3-4,9H2,1-2H3,(H2,15,16). The highest BCUT2D eigenvalue weighted by Crippen LogP contribution is 2.34. The van der Waals surface area contributed by atoms with E-state index in [0.717, 1.165) is 30.1 Å². The van der Waals surface area contributed by atoms with E-state index in [1.54, 1.807) is 0 Å². The molecule has 0 amide bonds. The van der Waals surface area contributed by atoms with Crippen LogP contribution in [0.4, 0.5) is 5.69 Å². The van der Waals surface area contributed by atoms with Gasteiger partial charge in [-0.05, 0) is 31.0 Å². The van der Waals surface area contributed by atoms with Crippen LogP contribution >= 0.6 is 11.6 Å². The van der Waals surface area contributed by atoms with Crippen LogP contribution in [0, 0.1) is 0 Å². The smallest absolute Gasteiger partial charge is 0.196 e. The molecule has 0 aromatic heterocycles. The molecular formula is C13H18ClN3. The van der Waals surface area contributed by atoms with E-state index >= 15 is 0 Å². The fourth-order valence-electron chi connectivity index (χ4n) is 2.42. The van der Waals surface area contributed by atoms with Crippen LogP contribution in [-0.4, -0.2) is 18.0 Å². The van der Waals surface area contributed by atoms with Crippen LogP contribution in [0.2, 0.25) is 5.02 Å². The first-order valence-corrected chi connectivity index (χ1v) is 6.36. The SMILES string of the molecule is CCC1(CC)CN=C(N)N1c1cccc(Cl)c1. The first-order chi connectivity index (χ1) is 8.13. The van der Waals surface area contributed by atoms with Crippen molar-refractivity contribution >= 4 is 23.2 Å². The first-order valence-electron chi connectivity index (χ1n) is 5.98. The molecule has 2 N–H and O–H groups in total. The molecule has 0 bridgehead atoms. The van der Waals surface area contributed by atoms with Crippen molar-refractivity contribution in [3.8, 4) is 0 Å². The largest absolute Gasteiger partial charge is 0.369 e. The van der Waals surface area contributed by atoms with Crippen molar-refractivity contribution in [1.29, 1.82) is 0 Å². The maximum Gasteiger partial charge on any atom is 0.196 e. The third-order valence-corrected chi connectivity index (χ3v) is 3.86. The average Bonchev–Trinajstić information content (AvgIpc) is 2.67. The first kappa shape index (κ1) is 12.2. The average molecular weight is 252 g/mol. The second kappa shape index (κ2) is 4.57. The minimum absolute atomic E-state index is 0.00870. The predicted octanol–water partition coefficient (Wildman–Crippen LogP) is 3.03. The summed E-state index contributed by atoms with van der Waals surface area (Å²) < 4.78 is 0. The monoisotopic (exact) mass is 251 g/mol. The number of rotatable bonds is 3. The quantitative estimate of drug-likeness (QED) is 0.897. The van der Waals surface area contributed by atoms with Gasteiger partial charge in [-0.15, -0.1) is 0 Å². The van der Waals surface area contributed by atoms with E-state index < -0.39 is 0 Å². The zero-order chi connectivity index (χ0) is 12.5. The highest BCUT2D eigenvalue weighted by atomic mass is 35.5. The third kappa shape index (κ3) is 2.00. The van der Waals surface area contributed by atoms with E-state index in [-0.39, 0.29) is 5.54 Å². The van der Waals surface area contributed by atoms with E-state index in [1.807, 2.05) is 24.3 Å². The summed E-state index contributed by atoms with van der Waals surface area (Å²) in [6.07, 6.45) is 2.03. The van der Waals surface area contributed by atoms with Crippen molar-refractivity contribution in [3.05, 3.63) is 29.3 Å². The van der Waals surface area contributed by atoms with Crippen molar-refractivity contribution in [3.63, 3.8) is 0 Å². The molecule has 0 atom stereocenters. The number of nitrogens with zero attached hydrogens (tertiary/aromatic N) is 2. The van der Waals surface area contributed by atoms with Crippen molar-refractivity contribution in [2.24, 2.45) is 10.7 Å². The molecule has 1 aromatic rings. The molecule has 0 fully saturated rings. The Kier molecular flexibility index (Phi) is 3.29. The van der Waals surface area contributed by atoms with Gasteiger partial charge in [-0.1, -0.05) is 31.5 Å². The van der Waals surface area contributed by atoms with Gasteiger partial charge in [-0.25, -0.2) is 0 Å². The van der Waals surface area contributed by atoms with Gasteiger partial charge in [0.15, 0.2) is 5.96 Å². The molecule has 0 saturated carbocycles. The van der Waals surface area contributed by atoms with Gasteiger partial charge in [0.25, 0.3) is 0 Å². The lowest BCUT2D eigenvalue weighted by molar-refractivity contribution is 0.426. The van der Waals surface area contributed by atoms with E-state index in [2.05, 4.69) is 23.7 Å². The van der Waals surface area contributed by atoms with Crippen molar-refractivity contribution in [2.45, 2.75) is 32.2 Å². The van der Waals surface area contributed by atoms with Crippen LogP contribution in [0.3, 0.4) is 0 Å². The van der Waals surface area contributed by atoms with Gasteiger partial charge < -0.3 is 10.6 Å². The Hall–Kier alpha value is -1.22. The molecule has 0 unspecified atom stereocenters. The minimum Gasteiger partial charge on any atom is -0.369 e. The number of halogens is 1. The number of hydrogen-bond donors (Lipinski definition) is 1. The van der Waals surface area contributed by atoms with Crippen LogP contribution in [0.15, 0.2) is 29.3 Å². The molecule has 2 rings (SSSR count). The number of hydrogen-bond acceptors (Lipinski definition) is 3. The maximum atomic E-state index is 6.04. The van der Waals surface area contributed by atoms with Gasteiger partial charge in [-0.3, -0.25) is 4.99 Å². The molecule has 1 aliphatic heterocycles. The molecular weight excluding hydrogens is 234 g/mol. The fraction of sp³-hybridized carbons (Fsp3) is 0.462.